The predicted molar refractivity (Wildman–Crippen MR) is 258 cm³/mol. The molecule has 0 saturated heterocycles. The summed E-state index contributed by atoms with van der Waals surface area (Å²) in [5, 5.41) is 0. The average Bonchev–Trinajstić information content (AvgIpc) is 3.35. The molecule has 9 heteroatoms. The zero-order valence-corrected chi connectivity index (χ0v) is 37.6. The number of ether oxygens (including phenoxy) is 6. The van der Waals surface area contributed by atoms with Crippen molar-refractivity contribution in [3.05, 3.63) is 180 Å². The molecule has 7 aromatic carbocycles. The predicted octanol–water partition coefficient (Wildman–Crippen LogP) is 13.9. The third kappa shape index (κ3) is 12.8. The lowest BCUT2D eigenvalue weighted by Crippen LogP contribution is -2.19. The number of carbonyl (C=O) groups is 3. The molecule has 7 rings (SSSR count). The van der Waals surface area contributed by atoms with Gasteiger partial charge in [0, 0.05) is 0 Å². The molecular weight excluding hydrogens is 829 g/mol. The van der Waals surface area contributed by atoms with Crippen LogP contribution in [0.15, 0.2) is 164 Å². The van der Waals surface area contributed by atoms with Crippen molar-refractivity contribution in [1.29, 1.82) is 0 Å². The van der Waals surface area contributed by atoms with E-state index in [-0.39, 0.29) is 28.2 Å². The molecule has 66 heavy (non-hydrogen) atoms. The summed E-state index contributed by atoms with van der Waals surface area (Å²) in [5.41, 5.74) is 5.42. The molecule has 336 valence electrons. The lowest BCUT2D eigenvalue weighted by atomic mass is 10.0. The van der Waals surface area contributed by atoms with E-state index in [2.05, 4.69) is 20.8 Å². The number of benzene rings is 7. The Kier molecular flexibility index (Phi) is 16.4. The topological polar surface area (TPSA) is 107 Å². The Bertz CT molecular complexity index is 2650. The van der Waals surface area contributed by atoms with Crippen molar-refractivity contribution >= 4 is 17.9 Å². The zero-order chi connectivity index (χ0) is 46.1. The van der Waals surface area contributed by atoms with E-state index in [4.69, 9.17) is 28.4 Å². The van der Waals surface area contributed by atoms with Crippen LogP contribution in [0.4, 0.5) is 0 Å². The molecule has 0 fully saturated rings. The highest BCUT2D eigenvalue weighted by Gasteiger charge is 2.24. The second kappa shape index (κ2) is 23.3. The molecule has 0 bridgehead atoms. The molecule has 0 aromatic heterocycles. The van der Waals surface area contributed by atoms with E-state index >= 15 is 0 Å². The van der Waals surface area contributed by atoms with Gasteiger partial charge >= 0.3 is 17.9 Å². The van der Waals surface area contributed by atoms with Gasteiger partial charge in [-0.15, -0.1) is 0 Å². The summed E-state index contributed by atoms with van der Waals surface area (Å²) < 4.78 is 34.7. The molecule has 0 atom stereocenters. The molecular formula is C57H54O9. The van der Waals surface area contributed by atoms with Crippen LogP contribution in [0, 0.1) is 0 Å². The van der Waals surface area contributed by atoms with Gasteiger partial charge in [0.2, 0.25) is 0 Å². The average molecular weight is 883 g/mol. The number of hydrogen-bond donors (Lipinski definition) is 0. The maximum Gasteiger partial charge on any atom is 0.344 e. The minimum atomic E-state index is -0.860. The number of esters is 3. The van der Waals surface area contributed by atoms with Gasteiger partial charge in [-0.2, -0.15) is 0 Å². The Morgan fingerprint density at radius 1 is 0.318 bits per heavy atom. The van der Waals surface area contributed by atoms with Crippen molar-refractivity contribution in [3.63, 3.8) is 0 Å². The van der Waals surface area contributed by atoms with Crippen LogP contribution in [0.3, 0.4) is 0 Å². The number of hydrogen-bond acceptors (Lipinski definition) is 9. The van der Waals surface area contributed by atoms with E-state index in [0.717, 1.165) is 89.2 Å². The van der Waals surface area contributed by atoms with Crippen molar-refractivity contribution in [2.45, 2.75) is 59.3 Å². The van der Waals surface area contributed by atoms with Gasteiger partial charge in [0.15, 0.2) is 0 Å². The number of unbranched alkanes of at least 4 members (excludes halogenated alkanes) is 3. The summed E-state index contributed by atoms with van der Waals surface area (Å²) >= 11 is 0. The number of carbonyl (C=O) groups excluding carboxylic acids is 3. The summed E-state index contributed by atoms with van der Waals surface area (Å²) in [6.07, 6.45) is 6.15. The van der Waals surface area contributed by atoms with Crippen molar-refractivity contribution < 1.29 is 42.8 Å². The second-order valence-corrected chi connectivity index (χ2v) is 15.7. The fraction of sp³-hybridized carbons (Fsp3) is 0.211. The molecule has 0 aliphatic rings. The van der Waals surface area contributed by atoms with Crippen LogP contribution in [-0.2, 0) is 0 Å². The maximum absolute atomic E-state index is 14.0. The minimum Gasteiger partial charge on any atom is -0.494 e. The smallest absolute Gasteiger partial charge is 0.344 e. The van der Waals surface area contributed by atoms with Crippen LogP contribution in [0.2, 0.25) is 0 Å². The molecule has 0 aliphatic heterocycles. The van der Waals surface area contributed by atoms with Gasteiger partial charge in [-0.25, -0.2) is 14.4 Å². The van der Waals surface area contributed by atoms with Gasteiger partial charge in [0.1, 0.15) is 34.5 Å². The fourth-order valence-electron chi connectivity index (χ4n) is 6.89. The highest BCUT2D eigenvalue weighted by atomic mass is 16.5. The van der Waals surface area contributed by atoms with Gasteiger partial charge in [0.25, 0.3) is 0 Å². The van der Waals surface area contributed by atoms with Crippen LogP contribution in [0.25, 0.3) is 33.4 Å². The van der Waals surface area contributed by atoms with Gasteiger partial charge in [0.05, 0.1) is 36.5 Å². The first-order valence-corrected chi connectivity index (χ1v) is 22.6. The normalized spacial score (nSPS) is 10.8. The molecule has 0 saturated carbocycles. The highest BCUT2D eigenvalue weighted by molar-refractivity contribution is 6.06. The molecule has 0 N–H and O–H groups in total. The Morgan fingerprint density at radius 2 is 0.591 bits per heavy atom. The Morgan fingerprint density at radius 3 is 0.894 bits per heavy atom. The zero-order valence-electron chi connectivity index (χ0n) is 37.6. The molecule has 0 heterocycles. The Balaban J connectivity index is 1.07. The van der Waals surface area contributed by atoms with Crippen LogP contribution < -0.4 is 28.4 Å². The van der Waals surface area contributed by atoms with Gasteiger partial charge in [-0.05, 0) is 144 Å². The van der Waals surface area contributed by atoms with E-state index in [0.29, 0.717) is 25.6 Å². The third-order valence-electron chi connectivity index (χ3n) is 10.8. The van der Waals surface area contributed by atoms with Gasteiger partial charge in [-0.1, -0.05) is 113 Å². The minimum absolute atomic E-state index is 0.0323. The van der Waals surface area contributed by atoms with Crippen molar-refractivity contribution in [2.24, 2.45) is 0 Å². The van der Waals surface area contributed by atoms with E-state index < -0.39 is 17.9 Å². The molecule has 0 unspecified atom stereocenters. The third-order valence-corrected chi connectivity index (χ3v) is 10.8. The molecule has 7 aromatic rings. The van der Waals surface area contributed by atoms with E-state index in [1.807, 2.05) is 109 Å². The van der Waals surface area contributed by atoms with Crippen LogP contribution in [0.5, 0.6) is 34.5 Å². The first-order valence-electron chi connectivity index (χ1n) is 22.6. The lowest BCUT2D eigenvalue weighted by Gasteiger charge is -2.13. The first kappa shape index (κ1) is 46.3. The van der Waals surface area contributed by atoms with E-state index in [1.54, 1.807) is 36.4 Å². The lowest BCUT2D eigenvalue weighted by molar-refractivity contribution is 0.0689. The second-order valence-electron chi connectivity index (χ2n) is 15.7. The van der Waals surface area contributed by atoms with Crippen LogP contribution >= 0.6 is 0 Å². The number of rotatable bonds is 21. The Labute approximate surface area is 386 Å². The highest BCUT2D eigenvalue weighted by Crippen LogP contribution is 2.29. The molecule has 0 spiro atoms. The summed E-state index contributed by atoms with van der Waals surface area (Å²) in [6, 6.07) is 48.7. The fourth-order valence-corrected chi connectivity index (χ4v) is 6.89. The molecule has 0 radical (unpaired) electrons. The van der Waals surface area contributed by atoms with Crippen molar-refractivity contribution in [2.75, 3.05) is 19.8 Å². The SMILES string of the molecule is CCCCOc1ccc(-c2ccc(OC(=O)c3ccc(C(=O)Oc4ccc(-c5ccc(OCCCC)cc5)cc4)c(C(=O)Oc4ccc(-c5ccc(OCCCC)cc5)cc4)c3)cc2)cc1. The van der Waals surface area contributed by atoms with Crippen molar-refractivity contribution in [1.82, 2.24) is 0 Å². The summed E-state index contributed by atoms with van der Waals surface area (Å²) in [7, 11) is 0. The van der Waals surface area contributed by atoms with Crippen LogP contribution in [-0.4, -0.2) is 37.7 Å². The van der Waals surface area contributed by atoms with E-state index in [9.17, 15) is 14.4 Å². The molecule has 0 aliphatic carbocycles. The summed E-state index contributed by atoms with van der Waals surface area (Å²) in [6.45, 7) is 8.37. The quantitative estimate of drug-likeness (QED) is 0.0396. The van der Waals surface area contributed by atoms with Gasteiger partial charge < -0.3 is 28.4 Å². The summed E-state index contributed by atoms with van der Waals surface area (Å²) in [4.78, 5) is 41.4. The standard InChI is InChI=1S/C57H54O9/c1-4-7-36-61-47-23-10-40(11-24-47)43-16-29-50(30-17-43)64-55(58)46-22-35-53(56(59)65-51-31-18-44(19-32-51)41-12-25-48(26-13-41)62-37-8-5-2)54(39-46)57(60)66-52-33-20-45(21-34-52)42-14-27-49(28-15-42)63-38-9-6-3/h10-35,39H,4-9,36-38H2,1-3H3. The monoisotopic (exact) mass is 882 g/mol. The van der Waals surface area contributed by atoms with Crippen LogP contribution in [0.1, 0.15) is 90.4 Å². The van der Waals surface area contributed by atoms with Crippen molar-refractivity contribution in [3.8, 4) is 67.9 Å². The molecule has 9 nitrogen and oxygen atoms in total. The largest absolute Gasteiger partial charge is 0.494 e. The first-order chi connectivity index (χ1) is 32.3. The Hall–Kier alpha value is -7.65. The maximum atomic E-state index is 14.0. The van der Waals surface area contributed by atoms with E-state index in [1.165, 1.54) is 18.2 Å². The summed E-state index contributed by atoms with van der Waals surface area (Å²) in [5.74, 6) is 0.822. The van der Waals surface area contributed by atoms with Gasteiger partial charge in [-0.3, -0.25) is 0 Å². The molecule has 0 amide bonds.